The van der Waals surface area contributed by atoms with Crippen LogP contribution in [0.4, 0.5) is 42.9 Å². The summed E-state index contributed by atoms with van der Waals surface area (Å²) < 4.78 is 33.8. The number of hydrogen-bond acceptors (Lipinski definition) is 4. The fraction of sp³-hybridized carbons (Fsp3) is 0.0294. The Hall–Kier alpha value is -9.88. The van der Waals surface area contributed by atoms with Crippen molar-refractivity contribution in [2.45, 2.75) is 13.8 Å². The second kappa shape index (κ2) is 18.7. The highest BCUT2D eigenvalue weighted by Crippen LogP contribution is 2.50. The highest BCUT2D eigenvalue weighted by atomic mass is 19.1. The van der Waals surface area contributed by atoms with Crippen molar-refractivity contribution in [1.82, 2.24) is 0 Å². The van der Waals surface area contributed by atoms with Crippen LogP contribution in [0.25, 0.3) is 76.8 Å². The predicted molar refractivity (Wildman–Crippen MR) is 300 cm³/mol. The first-order valence-corrected chi connectivity index (χ1v) is 24.5. The van der Waals surface area contributed by atoms with Crippen molar-refractivity contribution in [2.75, 3.05) is 9.80 Å². The van der Waals surface area contributed by atoms with Crippen molar-refractivity contribution in [1.29, 1.82) is 10.5 Å². The third kappa shape index (κ3) is 8.02. The van der Waals surface area contributed by atoms with Crippen LogP contribution in [0.5, 0.6) is 0 Å². The Morgan fingerprint density at radius 3 is 1.04 bits per heavy atom. The molecular weight excluding hydrogens is 911 g/mol. The number of para-hydroxylation sites is 2. The number of anilines is 6. The van der Waals surface area contributed by atoms with E-state index in [1.165, 1.54) is 12.1 Å². The van der Waals surface area contributed by atoms with Crippen molar-refractivity contribution < 1.29 is 8.78 Å². The molecule has 12 aromatic carbocycles. The van der Waals surface area contributed by atoms with Gasteiger partial charge >= 0.3 is 0 Å². The molecule has 0 saturated carbocycles. The van der Waals surface area contributed by atoms with E-state index in [2.05, 4.69) is 121 Å². The largest absolute Gasteiger partial charge is 0.307 e. The van der Waals surface area contributed by atoms with Gasteiger partial charge in [-0.05, 0) is 176 Å². The minimum Gasteiger partial charge on any atom is -0.307 e. The number of nitrogens with zero attached hydrogens (tertiary/aromatic N) is 4. The Bertz CT molecular complexity index is 3880. The molecule has 4 nitrogen and oxygen atoms in total. The highest BCUT2D eigenvalue weighted by Gasteiger charge is 2.27. The summed E-state index contributed by atoms with van der Waals surface area (Å²) in [6.45, 7) is 3.88. The van der Waals surface area contributed by atoms with E-state index >= 15 is 8.78 Å². The van der Waals surface area contributed by atoms with E-state index in [4.69, 9.17) is 0 Å². The summed E-state index contributed by atoms with van der Waals surface area (Å²) in [6.07, 6.45) is 0. The normalized spacial score (nSPS) is 11.2. The zero-order chi connectivity index (χ0) is 50.5. The smallest absolute Gasteiger partial charge is 0.147 e. The van der Waals surface area contributed by atoms with Crippen LogP contribution >= 0.6 is 0 Å². The molecule has 0 atom stereocenters. The molecule has 0 aliphatic carbocycles. The van der Waals surface area contributed by atoms with Crippen LogP contribution < -0.4 is 9.80 Å². The van der Waals surface area contributed by atoms with Gasteiger partial charge in [0.1, 0.15) is 11.6 Å². The lowest BCUT2D eigenvalue weighted by Gasteiger charge is -2.31. The van der Waals surface area contributed by atoms with Crippen molar-refractivity contribution in [3.8, 4) is 56.6 Å². The Kier molecular flexibility index (Phi) is 11.4. The number of nitriles is 2. The molecule has 0 radical (unpaired) electrons. The molecule has 0 bridgehead atoms. The van der Waals surface area contributed by atoms with Gasteiger partial charge in [0.05, 0.1) is 46.0 Å². The quantitative estimate of drug-likeness (QED) is 0.128. The number of aryl methyl sites for hydroxylation is 2. The minimum absolute atomic E-state index is 0.364. The topological polar surface area (TPSA) is 54.1 Å². The van der Waals surface area contributed by atoms with Gasteiger partial charge in [0, 0.05) is 22.1 Å². The van der Waals surface area contributed by atoms with Crippen LogP contribution in [0.1, 0.15) is 22.3 Å². The van der Waals surface area contributed by atoms with Crippen molar-refractivity contribution in [2.24, 2.45) is 0 Å². The monoisotopic (exact) mass is 954 g/mol. The van der Waals surface area contributed by atoms with E-state index in [9.17, 15) is 10.5 Å². The SMILES string of the molecule is Cc1cccc(F)c1N(c1cc(-c2ccccc2)cc(-c2ccc(C#N)cc2)c1)c1ccc2ccc3c(N(c4cc(-c5ccccc5)cc(-c5ccc(C#N)cc5)c4)c4c(C)cccc4F)ccc4ccc1c2c43. The molecule has 0 heterocycles. The second-order valence-corrected chi connectivity index (χ2v) is 18.7. The third-order valence-electron chi connectivity index (χ3n) is 14.2. The Morgan fingerprint density at radius 1 is 0.338 bits per heavy atom. The Labute approximate surface area is 428 Å². The van der Waals surface area contributed by atoms with Crippen molar-refractivity contribution >= 4 is 66.4 Å². The summed E-state index contributed by atoms with van der Waals surface area (Å²) in [5, 5.41) is 25.1. The summed E-state index contributed by atoms with van der Waals surface area (Å²) in [7, 11) is 0. The molecule has 0 saturated heterocycles. The molecule has 0 unspecified atom stereocenters. The van der Waals surface area contributed by atoms with Crippen LogP contribution in [0, 0.1) is 48.1 Å². The van der Waals surface area contributed by atoms with Crippen LogP contribution in [-0.4, -0.2) is 0 Å². The molecule has 0 spiro atoms. The van der Waals surface area contributed by atoms with E-state index in [-0.39, 0.29) is 11.6 Å². The molecule has 0 fully saturated rings. The molecule has 350 valence electrons. The molecule has 0 aliphatic rings. The minimum atomic E-state index is -0.364. The Morgan fingerprint density at radius 2 is 0.689 bits per heavy atom. The first-order valence-electron chi connectivity index (χ1n) is 24.5. The average molecular weight is 955 g/mol. The number of rotatable bonds is 10. The molecule has 74 heavy (non-hydrogen) atoms. The molecule has 0 aliphatic heterocycles. The van der Waals surface area contributed by atoms with Gasteiger partial charge < -0.3 is 9.80 Å². The lowest BCUT2D eigenvalue weighted by atomic mass is 9.91. The Balaban J connectivity index is 1.12. The summed E-state index contributed by atoms with van der Waals surface area (Å²) in [5.74, 6) is -0.728. The summed E-state index contributed by atoms with van der Waals surface area (Å²) in [6, 6.07) is 80.0. The van der Waals surface area contributed by atoms with E-state index < -0.39 is 0 Å². The lowest BCUT2D eigenvalue weighted by Crippen LogP contribution is -2.15. The third-order valence-corrected chi connectivity index (χ3v) is 14.2. The van der Waals surface area contributed by atoms with Gasteiger partial charge in [-0.15, -0.1) is 0 Å². The average Bonchev–Trinajstić information content (AvgIpc) is 3.46. The van der Waals surface area contributed by atoms with E-state index in [1.54, 1.807) is 12.1 Å². The molecule has 0 N–H and O–H groups in total. The summed E-state index contributed by atoms with van der Waals surface area (Å²) in [4.78, 5) is 4.09. The van der Waals surface area contributed by atoms with Gasteiger partial charge in [-0.25, -0.2) is 8.78 Å². The van der Waals surface area contributed by atoms with Crippen molar-refractivity contribution in [3.05, 3.63) is 264 Å². The molecule has 12 aromatic rings. The van der Waals surface area contributed by atoms with Gasteiger partial charge in [0.2, 0.25) is 0 Å². The van der Waals surface area contributed by atoms with E-state index in [0.29, 0.717) is 22.5 Å². The highest BCUT2D eigenvalue weighted by molar-refractivity contribution is 6.28. The maximum absolute atomic E-state index is 16.9. The first kappa shape index (κ1) is 45.3. The maximum Gasteiger partial charge on any atom is 0.147 e. The molecule has 6 heteroatoms. The van der Waals surface area contributed by atoms with Gasteiger partial charge in [0.25, 0.3) is 0 Å². The number of halogens is 2. The first-order chi connectivity index (χ1) is 36.2. The summed E-state index contributed by atoms with van der Waals surface area (Å²) in [5.41, 5.74) is 14.2. The number of benzene rings is 12. The maximum atomic E-state index is 16.9. The van der Waals surface area contributed by atoms with Crippen LogP contribution in [-0.2, 0) is 0 Å². The fourth-order valence-electron chi connectivity index (χ4n) is 10.6. The lowest BCUT2D eigenvalue weighted by molar-refractivity contribution is 0.627. The van der Waals surface area contributed by atoms with Crippen LogP contribution in [0.2, 0.25) is 0 Å². The van der Waals surface area contributed by atoms with Gasteiger partial charge in [-0.3, -0.25) is 0 Å². The van der Waals surface area contributed by atoms with E-state index in [1.807, 2.05) is 121 Å². The van der Waals surface area contributed by atoms with E-state index in [0.717, 1.165) is 111 Å². The van der Waals surface area contributed by atoms with Crippen LogP contribution in [0.15, 0.2) is 231 Å². The number of hydrogen-bond donors (Lipinski definition) is 0. The molecule has 0 amide bonds. The van der Waals surface area contributed by atoms with Gasteiger partial charge in [0.15, 0.2) is 0 Å². The molecule has 12 rings (SSSR count). The van der Waals surface area contributed by atoms with Crippen molar-refractivity contribution in [3.63, 3.8) is 0 Å². The molecule has 0 aromatic heterocycles. The standard InChI is InChI=1S/C68H44F2N4/c1-43-11-9-17-61(69)67(43)73(57-37-53(47-13-5-3-6-14-47)35-55(39-57)49-23-19-45(41-71)20-24-49)63-33-29-51-28-32-60-64(34-30-52-27-31-59(63)65(51)66(52)60)74(68-44(2)12-10-18-62(68)70)58-38-54(48-15-7-4-8-16-48)36-56(40-58)50-25-21-46(42-72)22-26-50/h3-40H,1-2H3. The molecular formula is C68H44F2N4. The summed E-state index contributed by atoms with van der Waals surface area (Å²) >= 11 is 0. The second-order valence-electron chi connectivity index (χ2n) is 18.7. The zero-order valence-corrected chi connectivity index (χ0v) is 40.5. The zero-order valence-electron chi connectivity index (χ0n) is 40.5. The fourth-order valence-corrected chi connectivity index (χ4v) is 10.6. The van der Waals surface area contributed by atoms with Gasteiger partial charge in [-0.1, -0.05) is 146 Å². The van der Waals surface area contributed by atoms with Gasteiger partial charge in [-0.2, -0.15) is 10.5 Å². The predicted octanol–water partition coefficient (Wildman–Crippen LogP) is 18.8. The van der Waals surface area contributed by atoms with Crippen LogP contribution in [0.3, 0.4) is 0 Å².